The molecule has 0 spiro atoms. The Morgan fingerprint density at radius 1 is 1.00 bits per heavy atom. The average Bonchev–Trinajstić information content (AvgIpc) is 2.13. The molecule has 0 atom stereocenters. The Morgan fingerprint density at radius 3 is 2.14 bits per heavy atom. The van der Waals surface area contributed by atoms with E-state index >= 15 is 0 Å². The van der Waals surface area contributed by atoms with E-state index in [1.165, 1.54) is 12.2 Å². The normalized spacial score (nSPS) is 10.1. The van der Waals surface area contributed by atoms with Crippen LogP contribution in [0.2, 0.25) is 0 Å². The highest BCUT2D eigenvalue weighted by molar-refractivity contribution is 5.33. The van der Waals surface area contributed by atoms with Crippen LogP contribution in [0.25, 0.3) is 0 Å². The Kier molecular flexibility index (Phi) is 6.55. The van der Waals surface area contributed by atoms with Gasteiger partial charge in [-0.1, -0.05) is 13.8 Å². The maximum atomic E-state index is 9.84. The number of nitrogens with zero attached hydrogens (tertiary/aromatic N) is 2. The molecule has 78 valence electrons. The summed E-state index contributed by atoms with van der Waals surface area (Å²) in [4.78, 5) is 26.6. The monoisotopic (exact) mass is 196 g/mol. The molecule has 0 aliphatic carbocycles. The molecule has 4 heteroatoms. The first-order valence-corrected chi connectivity index (χ1v) is 4.70. The standard InChI is InChI=1S/C10H16N2O2/c1-10(2,5-7-12-9-14)4-3-6-11-8-13/h3-7H2,1-2H3. The molecule has 0 bridgehead atoms. The summed E-state index contributed by atoms with van der Waals surface area (Å²) in [5, 5.41) is 0. The first-order valence-electron chi connectivity index (χ1n) is 4.70. The lowest BCUT2D eigenvalue weighted by Gasteiger charge is -2.22. The van der Waals surface area contributed by atoms with E-state index in [4.69, 9.17) is 0 Å². The van der Waals surface area contributed by atoms with Crippen LogP contribution in [0.3, 0.4) is 0 Å². The van der Waals surface area contributed by atoms with E-state index in [2.05, 4.69) is 23.8 Å². The Hall–Kier alpha value is -1.24. The van der Waals surface area contributed by atoms with Gasteiger partial charge in [0, 0.05) is 0 Å². The molecule has 0 heterocycles. The van der Waals surface area contributed by atoms with Gasteiger partial charge >= 0.3 is 0 Å². The number of isocyanates is 2. The minimum atomic E-state index is 0.138. The van der Waals surface area contributed by atoms with E-state index in [0.717, 1.165) is 19.3 Å². The lowest BCUT2D eigenvalue weighted by molar-refractivity contribution is 0.307. The highest BCUT2D eigenvalue weighted by Crippen LogP contribution is 2.26. The quantitative estimate of drug-likeness (QED) is 0.354. The zero-order valence-corrected chi connectivity index (χ0v) is 8.75. The third-order valence-corrected chi connectivity index (χ3v) is 2.15. The molecule has 0 amide bonds. The molecule has 0 unspecified atom stereocenters. The largest absolute Gasteiger partial charge is 0.234 e. The average molecular weight is 196 g/mol. The van der Waals surface area contributed by atoms with Crippen LogP contribution in [0.15, 0.2) is 9.98 Å². The van der Waals surface area contributed by atoms with Gasteiger partial charge in [-0.05, 0) is 24.7 Å². The van der Waals surface area contributed by atoms with Gasteiger partial charge in [-0.3, -0.25) is 0 Å². The van der Waals surface area contributed by atoms with Crippen molar-refractivity contribution in [2.45, 2.75) is 33.1 Å². The fourth-order valence-corrected chi connectivity index (χ4v) is 1.21. The molecular weight excluding hydrogens is 180 g/mol. The van der Waals surface area contributed by atoms with Gasteiger partial charge in [0.1, 0.15) is 0 Å². The molecule has 0 aromatic rings. The fourth-order valence-electron chi connectivity index (χ4n) is 1.21. The highest BCUT2D eigenvalue weighted by Gasteiger charge is 2.16. The predicted molar refractivity (Wildman–Crippen MR) is 53.6 cm³/mol. The summed E-state index contributed by atoms with van der Waals surface area (Å²) >= 11 is 0. The van der Waals surface area contributed by atoms with Crippen LogP contribution in [-0.4, -0.2) is 25.2 Å². The maximum Gasteiger partial charge on any atom is 0.234 e. The van der Waals surface area contributed by atoms with Gasteiger partial charge in [0.05, 0.1) is 13.1 Å². The number of hydrogen-bond donors (Lipinski definition) is 0. The Balaban J connectivity index is 3.70. The number of aliphatic imine (C=N–C) groups is 2. The lowest BCUT2D eigenvalue weighted by Crippen LogP contribution is -2.13. The van der Waals surface area contributed by atoms with Gasteiger partial charge in [-0.2, -0.15) is 0 Å². The molecule has 0 fully saturated rings. The zero-order chi connectivity index (χ0) is 10.9. The maximum absolute atomic E-state index is 9.84. The topological polar surface area (TPSA) is 58.9 Å². The van der Waals surface area contributed by atoms with Gasteiger partial charge in [-0.15, -0.1) is 0 Å². The summed E-state index contributed by atoms with van der Waals surface area (Å²) in [5.41, 5.74) is 0.138. The summed E-state index contributed by atoms with van der Waals surface area (Å²) in [6, 6.07) is 0. The SMILES string of the molecule is CC(C)(CCCN=C=O)CCN=C=O. The van der Waals surface area contributed by atoms with Crippen molar-refractivity contribution >= 4 is 12.2 Å². The molecule has 0 rings (SSSR count). The minimum absolute atomic E-state index is 0.138. The van der Waals surface area contributed by atoms with Crippen LogP contribution in [0.4, 0.5) is 0 Å². The second kappa shape index (κ2) is 7.19. The van der Waals surface area contributed by atoms with Crippen molar-refractivity contribution in [1.29, 1.82) is 0 Å². The van der Waals surface area contributed by atoms with E-state index in [9.17, 15) is 9.59 Å². The second-order valence-corrected chi connectivity index (χ2v) is 3.96. The summed E-state index contributed by atoms with van der Waals surface area (Å²) in [7, 11) is 0. The molecule has 0 aromatic heterocycles. The number of carbonyl (C=O) groups excluding carboxylic acids is 2. The highest BCUT2D eigenvalue weighted by atomic mass is 16.1. The smallest absolute Gasteiger partial charge is 0.211 e. The van der Waals surface area contributed by atoms with Gasteiger partial charge in [-0.25, -0.2) is 19.6 Å². The third kappa shape index (κ3) is 7.41. The molecule has 0 saturated heterocycles. The van der Waals surface area contributed by atoms with Gasteiger partial charge in [0.15, 0.2) is 0 Å². The third-order valence-electron chi connectivity index (χ3n) is 2.15. The number of hydrogen-bond acceptors (Lipinski definition) is 4. The van der Waals surface area contributed by atoms with E-state index in [0.29, 0.717) is 13.1 Å². The van der Waals surface area contributed by atoms with Crippen LogP contribution >= 0.6 is 0 Å². The van der Waals surface area contributed by atoms with E-state index in [1.807, 2.05) is 0 Å². The van der Waals surface area contributed by atoms with Crippen LogP contribution in [0.5, 0.6) is 0 Å². The van der Waals surface area contributed by atoms with Gasteiger partial charge < -0.3 is 0 Å². The van der Waals surface area contributed by atoms with Crippen molar-refractivity contribution in [3.63, 3.8) is 0 Å². The first kappa shape index (κ1) is 12.8. The summed E-state index contributed by atoms with van der Waals surface area (Å²) in [6.45, 7) is 5.27. The van der Waals surface area contributed by atoms with Crippen molar-refractivity contribution in [2.75, 3.05) is 13.1 Å². The first-order chi connectivity index (χ1) is 6.62. The predicted octanol–water partition coefficient (Wildman–Crippen LogP) is 1.85. The second-order valence-electron chi connectivity index (χ2n) is 3.96. The van der Waals surface area contributed by atoms with E-state index < -0.39 is 0 Å². The van der Waals surface area contributed by atoms with Crippen LogP contribution in [0, 0.1) is 5.41 Å². The van der Waals surface area contributed by atoms with Crippen LogP contribution in [-0.2, 0) is 9.59 Å². The summed E-state index contributed by atoms with van der Waals surface area (Å²) in [6.07, 6.45) is 5.72. The van der Waals surface area contributed by atoms with Crippen molar-refractivity contribution in [3.05, 3.63) is 0 Å². The van der Waals surface area contributed by atoms with E-state index in [1.54, 1.807) is 0 Å². The van der Waals surface area contributed by atoms with Crippen molar-refractivity contribution in [2.24, 2.45) is 15.4 Å². The van der Waals surface area contributed by atoms with Gasteiger partial charge in [0.25, 0.3) is 0 Å². The summed E-state index contributed by atoms with van der Waals surface area (Å²) in [5.74, 6) is 0. The summed E-state index contributed by atoms with van der Waals surface area (Å²) < 4.78 is 0. The van der Waals surface area contributed by atoms with E-state index in [-0.39, 0.29) is 5.41 Å². The minimum Gasteiger partial charge on any atom is -0.211 e. The van der Waals surface area contributed by atoms with Crippen molar-refractivity contribution in [1.82, 2.24) is 0 Å². The van der Waals surface area contributed by atoms with Crippen LogP contribution in [0.1, 0.15) is 33.1 Å². The Bertz CT molecular complexity index is 249. The zero-order valence-electron chi connectivity index (χ0n) is 8.75. The molecule has 0 aromatic carbocycles. The molecule has 0 saturated carbocycles. The van der Waals surface area contributed by atoms with Crippen molar-refractivity contribution < 1.29 is 9.59 Å². The molecule has 0 radical (unpaired) electrons. The van der Waals surface area contributed by atoms with Gasteiger partial charge in [0.2, 0.25) is 12.2 Å². The molecule has 0 aliphatic heterocycles. The molecule has 4 nitrogen and oxygen atoms in total. The number of rotatable bonds is 7. The Morgan fingerprint density at radius 2 is 1.57 bits per heavy atom. The molecular formula is C10H16N2O2. The molecule has 14 heavy (non-hydrogen) atoms. The van der Waals surface area contributed by atoms with Crippen molar-refractivity contribution in [3.8, 4) is 0 Å². The molecule has 0 N–H and O–H groups in total. The molecule has 0 aliphatic rings. The Labute approximate surface area is 84.1 Å². The van der Waals surface area contributed by atoms with Crippen LogP contribution < -0.4 is 0 Å². The lowest BCUT2D eigenvalue weighted by atomic mass is 9.84. The fraction of sp³-hybridized carbons (Fsp3) is 0.800.